The van der Waals surface area contributed by atoms with E-state index < -0.39 is 52.5 Å². The van der Waals surface area contributed by atoms with Crippen LogP contribution in [0, 0.1) is 76.1 Å². The van der Waals surface area contributed by atoms with Gasteiger partial charge in [-0.05, 0) is 322 Å². The summed E-state index contributed by atoms with van der Waals surface area (Å²) in [6.07, 6.45) is 25.0. The molecule has 5 saturated carbocycles. The largest absolute Gasteiger partial charge is 0.501 e. The summed E-state index contributed by atoms with van der Waals surface area (Å²) in [5.74, 6) is -2.81. The van der Waals surface area contributed by atoms with Gasteiger partial charge in [0.1, 0.15) is 52.6 Å². The van der Waals surface area contributed by atoms with Crippen LogP contribution in [0.4, 0.5) is 35.1 Å². The molecule has 3 N–H and O–H groups in total. The van der Waals surface area contributed by atoms with Gasteiger partial charge in [-0.3, -0.25) is 14.4 Å². The Morgan fingerprint density at radius 1 is 0.430 bits per heavy atom. The summed E-state index contributed by atoms with van der Waals surface area (Å²) in [6.45, 7) is 13.9. The molecule has 3 aliphatic heterocycles. The second-order valence-electron chi connectivity index (χ2n) is 36.9. The second kappa shape index (κ2) is 47.8. The first-order valence-corrected chi connectivity index (χ1v) is 48.3. The van der Waals surface area contributed by atoms with Crippen LogP contribution in [0.25, 0.3) is 6.08 Å². The average Bonchev–Trinajstić information content (AvgIpc) is 1.19. The highest BCUT2D eigenvalue weighted by molar-refractivity contribution is 5.99. The minimum absolute atomic E-state index is 0. The summed E-state index contributed by atoms with van der Waals surface area (Å²) >= 11 is 0. The molecular weight excluding hydrogens is 1820 g/mol. The van der Waals surface area contributed by atoms with Crippen molar-refractivity contribution in [2.24, 2.45) is 35.3 Å². The van der Waals surface area contributed by atoms with E-state index in [0.29, 0.717) is 96.3 Å². The van der Waals surface area contributed by atoms with E-state index in [-0.39, 0.29) is 83.6 Å². The van der Waals surface area contributed by atoms with Gasteiger partial charge in [-0.15, -0.1) is 13.2 Å². The van der Waals surface area contributed by atoms with Gasteiger partial charge >= 0.3 is 5.97 Å². The fraction of sp³-hybridized carbons (Fsp3) is 0.297. The van der Waals surface area contributed by atoms with Crippen molar-refractivity contribution >= 4 is 36.1 Å². The third kappa shape index (κ3) is 26.7. The highest BCUT2D eigenvalue weighted by Crippen LogP contribution is 2.51. The molecule has 0 aromatic heterocycles. The molecule has 736 valence electrons. The molecule has 4 atom stereocenters. The Labute approximate surface area is 824 Å². The number of carbonyl (C=O) groups excluding carboxylic acids is 5. The van der Waals surface area contributed by atoms with Crippen LogP contribution in [0.2, 0.25) is 0 Å². The highest BCUT2D eigenvalue weighted by atomic mass is 19.2. The zero-order valence-corrected chi connectivity index (χ0v) is 78.8. The summed E-state index contributed by atoms with van der Waals surface area (Å²) in [5, 5.41) is 3.57. The normalized spacial score (nSPS) is 15.8. The van der Waals surface area contributed by atoms with Crippen molar-refractivity contribution in [2.75, 3.05) is 46.4 Å². The number of aldehydes is 1. The van der Waals surface area contributed by atoms with Gasteiger partial charge in [-0.25, -0.2) is 39.9 Å². The predicted octanol–water partition coefficient (Wildman–Crippen LogP) is 26.7. The van der Waals surface area contributed by atoms with Crippen molar-refractivity contribution in [1.29, 1.82) is 0 Å². The summed E-state index contributed by atoms with van der Waals surface area (Å²) < 4.78 is 141. The Morgan fingerprint density at radius 2 is 0.782 bits per heavy atom. The maximum absolute atomic E-state index is 14.1. The van der Waals surface area contributed by atoms with Crippen molar-refractivity contribution in [3.63, 3.8) is 0 Å². The molecule has 0 bridgehead atoms. The number of hydrogen-bond donors (Lipinski definition) is 2. The van der Waals surface area contributed by atoms with Gasteiger partial charge < -0.3 is 59.0 Å². The third-order valence-electron chi connectivity index (χ3n) is 26.4. The molecule has 3 heterocycles. The fourth-order valence-electron chi connectivity index (χ4n) is 18.4. The third-order valence-corrected chi connectivity index (χ3v) is 26.4. The molecule has 16 nitrogen and oxygen atoms in total. The predicted molar refractivity (Wildman–Crippen MR) is 533 cm³/mol. The maximum Gasteiger partial charge on any atom is 0.338 e. The molecule has 5 fully saturated rings. The summed E-state index contributed by atoms with van der Waals surface area (Å²) in [6, 6.07) is 66.7. The number of nitrogens with zero attached hydrogens (tertiary/aromatic N) is 3. The number of rotatable bonds is 34. The number of ether oxygens (including phenoxy) is 6. The van der Waals surface area contributed by atoms with E-state index >= 15 is 0 Å². The minimum atomic E-state index is -0.838. The second-order valence-corrected chi connectivity index (χ2v) is 36.9. The zero-order valence-electron chi connectivity index (χ0n) is 78.8. The molecule has 3 amide bonds. The molecule has 5 aliphatic carbocycles. The number of esters is 1. The van der Waals surface area contributed by atoms with E-state index in [1.54, 1.807) is 54.6 Å². The number of nitrogens with one attached hydrogen (secondary N) is 1. The van der Waals surface area contributed by atoms with Crippen molar-refractivity contribution < 1.29 is 87.5 Å². The van der Waals surface area contributed by atoms with Gasteiger partial charge in [-0.2, -0.15) is 0 Å². The zero-order chi connectivity index (χ0) is 98.7. The van der Waals surface area contributed by atoms with E-state index in [9.17, 15) is 59.1 Å². The number of hydrogen-bond acceptors (Lipinski definition) is 13. The number of halogens is 8. The molecule has 12 aromatic carbocycles. The molecule has 0 spiro atoms. The number of amides is 3. The SMILES string of the molecule is C.C=CCc1cccc(C(N)C2CC2)c1.C=CCc1cccc([C@@H](C2CC2)N2CCc3ccc(Oc4ccc(F)cc4F)cc3C2=O)c1.CCOC=Cc1ccc(Oc2ccc(F)cc2F)cc1C(=O)OC.O=C1c2cc(Oc3ccc(F)cc3F)ccc2CCN1[C@@H](c1cccc(CCNCC2CC2)c1)C1CC1.O=CCc1cccc([C@@H](C2CC2)N2CCc3ccc(Oc4ccc(F)cc4F)cc3C2=O)c1. The molecule has 24 heteroatoms. The Bertz CT molecular complexity index is 6380. The lowest BCUT2D eigenvalue weighted by Crippen LogP contribution is -2.41. The first kappa shape index (κ1) is 102. The van der Waals surface area contributed by atoms with Crippen LogP contribution in [0.3, 0.4) is 0 Å². The molecule has 142 heavy (non-hydrogen) atoms. The topological polar surface area (TPSA) is 188 Å². The Kier molecular flexibility index (Phi) is 34.4. The van der Waals surface area contributed by atoms with Crippen molar-refractivity contribution in [1.82, 2.24) is 20.0 Å². The summed E-state index contributed by atoms with van der Waals surface area (Å²) in [5.41, 5.74) is 20.9. The van der Waals surface area contributed by atoms with Gasteiger partial charge in [0, 0.05) is 73.1 Å². The quantitative estimate of drug-likeness (QED) is 0.00969. The molecule has 0 radical (unpaired) electrons. The van der Waals surface area contributed by atoms with Crippen LogP contribution in [0.1, 0.15) is 211 Å². The van der Waals surface area contributed by atoms with Gasteiger partial charge in [0.25, 0.3) is 17.7 Å². The van der Waals surface area contributed by atoms with Crippen LogP contribution in [-0.4, -0.2) is 91.1 Å². The molecule has 0 saturated heterocycles. The van der Waals surface area contributed by atoms with E-state index in [2.05, 4.69) is 91.3 Å². The molecule has 8 aliphatic rings. The van der Waals surface area contributed by atoms with Gasteiger partial charge in [-0.1, -0.05) is 141 Å². The average molecular weight is 1930 g/mol. The summed E-state index contributed by atoms with van der Waals surface area (Å²) in [7, 11) is 1.26. The van der Waals surface area contributed by atoms with Crippen LogP contribution in [0.15, 0.2) is 274 Å². The van der Waals surface area contributed by atoms with Crippen LogP contribution >= 0.6 is 0 Å². The molecular formula is C118H117F8N5O11. The lowest BCUT2D eigenvalue weighted by molar-refractivity contribution is -0.107. The lowest BCUT2D eigenvalue weighted by Gasteiger charge is -2.36. The first-order chi connectivity index (χ1) is 68.5. The molecule has 1 unspecified atom stereocenters. The maximum atomic E-state index is 14.1. The number of benzene rings is 12. The van der Waals surface area contributed by atoms with Gasteiger partial charge in [0.05, 0.1) is 43.7 Å². The first-order valence-electron chi connectivity index (χ1n) is 48.3. The van der Waals surface area contributed by atoms with Gasteiger partial charge in [0.2, 0.25) is 0 Å². The number of allylic oxidation sites excluding steroid dienone is 2. The molecule has 12 aromatic rings. The van der Waals surface area contributed by atoms with E-state index in [1.165, 1.54) is 97.2 Å². The monoisotopic (exact) mass is 1930 g/mol. The Morgan fingerprint density at radius 3 is 1.13 bits per heavy atom. The number of methoxy groups -OCH3 is 1. The van der Waals surface area contributed by atoms with E-state index in [0.717, 1.165) is 184 Å². The standard InChI is InChI=1S/C31H32F2N2O2.C28H25F2NO2.C27H23F2NO3.C18H16F2O4.C13H17N.CH4/c32-25-9-11-29(28(33)17-25)37-26-10-8-22-13-15-35(31(36)27(22)18-26)30(23-6-7-23)24-3-1-2-20(16-24)12-14-34-19-21-4-5-21;1-2-4-18-5-3-6-21(15-18)27(20-7-8-20)31-14-13-19-9-11-23(17-24(19)28(31)32)33-26-12-10-22(29)16-25(26)30;28-21-7-9-25(24(29)15-21)33-22-8-6-18-10-12-30(27(32)23(18)16-22)26(19-4-5-19)20-3-1-2-17(14-20)11-13-31;1-3-23-9-8-12-4-6-14(11-15(12)18(21)22-2)24-17-7-5-13(19)10-16(17)20;1-2-4-10-5-3-6-12(9-10)13(14)11-7-8-11;/h1-3,8-11,16-18,21,23,30,34H,4-7,12-15,19H2;2-3,5-6,9-12,15-17,20,27H,1,4,7-8,13-14H2;1-3,6-9,13-16,19,26H,4-5,10-12H2;4-11H,3H2,1-2H3;2-3,5-6,9,11,13H,1,4,7-8,14H2;1H4/t30-;27-;26-;;;/m111.../s1. The van der Waals surface area contributed by atoms with Crippen LogP contribution in [-0.2, 0) is 59.2 Å². The number of fused-ring (bicyclic) bond motifs is 3. The Hall–Kier alpha value is -14.2. The van der Waals surface area contributed by atoms with Crippen molar-refractivity contribution in [3.8, 4) is 46.0 Å². The van der Waals surface area contributed by atoms with Crippen LogP contribution in [0.5, 0.6) is 46.0 Å². The smallest absolute Gasteiger partial charge is 0.338 e. The van der Waals surface area contributed by atoms with Crippen LogP contribution < -0.4 is 30.0 Å². The number of carbonyl (C=O) groups is 5. The minimum Gasteiger partial charge on any atom is -0.501 e. The number of nitrogens with two attached hydrogens (primary N) is 1. The Balaban J connectivity index is 0.000000137. The van der Waals surface area contributed by atoms with Gasteiger partial charge in [0.15, 0.2) is 46.3 Å². The summed E-state index contributed by atoms with van der Waals surface area (Å²) in [4.78, 5) is 69.8. The fourth-order valence-corrected chi connectivity index (χ4v) is 18.4. The van der Waals surface area contributed by atoms with E-state index in [4.69, 9.17) is 34.2 Å². The van der Waals surface area contributed by atoms with Crippen molar-refractivity contribution in [2.45, 2.75) is 148 Å². The highest BCUT2D eigenvalue weighted by Gasteiger charge is 2.45. The van der Waals surface area contributed by atoms with E-state index in [1.807, 2.05) is 76.2 Å². The molecule has 20 rings (SSSR count). The van der Waals surface area contributed by atoms with Crippen molar-refractivity contribution in [3.05, 3.63) is 410 Å². The lowest BCUT2D eigenvalue weighted by atomic mass is 9.92.